The zero-order chi connectivity index (χ0) is 20.1. The highest BCUT2D eigenvalue weighted by molar-refractivity contribution is 5.88. The number of carbonyl (C=O) groups excluding carboxylic acids is 1. The number of benzene rings is 2. The van der Waals surface area contributed by atoms with Crippen LogP contribution in [0.25, 0.3) is 23.1 Å². The molecule has 1 N–H and O–H groups in total. The Morgan fingerprint density at radius 3 is 2.62 bits per heavy atom. The van der Waals surface area contributed by atoms with E-state index in [0.29, 0.717) is 11.5 Å². The van der Waals surface area contributed by atoms with Crippen LogP contribution in [0.4, 0.5) is 0 Å². The molecular formula is C24H20N2O3. The lowest BCUT2D eigenvalue weighted by atomic mass is 10.1. The lowest BCUT2D eigenvalue weighted by molar-refractivity contribution is -0.133. The summed E-state index contributed by atoms with van der Waals surface area (Å²) in [7, 11) is 1.56. The molecule has 0 radical (unpaired) electrons. The summed E-state index contributed by atoms with van der Waals surface area (Å²) in [4.78, 5) is 19.7. The number of nitrogens with one attached hydrogen (secondary N) is 1. The molecule has 0 saturated heterocycles. The predicted octanol–water partition coefficient (Wildman–Crippen LogP) is 4.89. The van der Waals surface area contributed by atoms with Crippen LogP contribution < -0.4 is 9.47 Å². The third-order valence-corrected chi connectivity index (χ3v) is 4.60. The highest BCUT2D eigenvalue weighted by atomic mass is 16.6. The van der Waals surface area contributed by atoms with Crippen LogP contribution in [0.3, 0.4) is 0 Å². The fourth-order valence-corrected chi connectivity index (χ4v) is 3.13. The van der Waals surface area contributed by atoms with Gasteiger partial charge in [0.2, 0.25) is 0 Å². The van der Waals surface area contributed by atoms with Crippen molar-refractivity contribution < 1.29 is 14.3 Å². The van der Waals surface area contributed by atoms with Crippen LogP contribution in [-0.2, 0) is 11.2 Å². The van der Waals surface area contributed by atoms with Crippen LogP contribution in [0.15, 0.2) is 73.2 Å². The summed E-state index contributed by atoms with van der Waals surface area (Å²) < 4.78 is 11.0. The van der Waals surface area contributed by atoms with Gasteiger partial charge in [-0.05, 0) is 47.0 Å². The molecule has 0 unspecified atom stereocenters. The van der Waals surface area contributed by atoms with Crippen molar-refractivity contribution in [3.05, 3.63) is 89.9 Å². The van der Waals surface area contributed by atoms with E-state index in [9.17, 15) is 4.79 Å². The number of carbonyl (C=O) groups is 1. The van der Waals surface area contributed by atoms with E-state index in [2.05, 4.69) is 9.97 Å². The lowest BCUT2D eigenvalue weighted by Gasteiger charge is -2.10. The van der Waals surface area contributed by atoms with E-state index in [1.807, 2.05) is 66.9 Å². The van der Waals surface area contributed by atoms with Crippen LogP contribution in [0.2, 0.25) is 0 Å². The molecule has 0 spiro atoms. The molecule has 2 heterocycles. The van der Waals surface area contributed by atoms with Crippen LogP contribution in [-0.4, -0.2) is 23.0 Å². The molecule has 0 saturated carbocycles. The summed E-state index contributed by atoms with van der Waals surface area (Å²) in [5, 5.41) is 1.02. The van der Waals surface area contributed by atoms with Crippen molar-refractivity contribution in [1.29, 1.82) is 0 Å². The topological polar surface area (TPSA) is 64.2 Å². The van der Waals surface area contributed by atoms with Crippen LogP contribution in [0.5, 0.6) is 11.5 Å². The standard InChI is InChI=1S/C24H20N2O3/c1-28-23-14-18(7-6-17-10-12-25-13-11-17)8-9-22(23)29-24(27)15-19-16-26-21-5-3-2-4-20(19)21/h2-14,16,26H,15H2,1H3/b7-6+. The molecule has 2 aromatic carbocycles. The summed E-state index contributed by atoms with van der Waals surface area (Å²) in [6, 6.07) is 17.2. The summed E-state index contributed by atoms with van der Waals surface area (Å²) >= 11 is 0. The van der Waals surface area contributed by atoms with Crippen molar-refractivity contribution in [2.24, 2.45) is 0 Å². The third kappa shape index (κ3) is 4.35. The van der Waals surface area contributed by atoms with Crippen molar-refractivity contribution in [3.8, 4) is 11.5 Å². The van der Waals surface area contributed by atoms with Gasteiger partial charge in [-0.3, -0.25) is 9.78 Å². The highest BCUT2D eigenvalue weighted by Gasteiger charge is 2.13. The van der Waals surface area contributed by atoms with Gasteiger partial charge in [0.15, 0.2) is 11.5 Å². The van der Waals surface area contributed by atoms with E-state index >= 15 is 0 Å². The Morgan fingerprint density at radius 2 is 1.79 bits per heavy atom. The summed E-state index contributed by atoms with van der Waals surface area (Å²) in [6.45, 7) is 0. The lowest BCUT2D eigenvalue weighted by Crippen LogP contribution is -2.11. The molecule has 0 fully saturated rings. The summed E-state index contributed by atoms with van der Waals surface area (Å²) in [5.41, 5.74) is 3.89. The first kappa shape index (κ1) is 18.5. The average molecular weight is 384 g/mol. The second kappa shape index (κ2) is 8.44. The van der Waals surface area contributed by atoms with Crippen LogP contribution >= 0.6 is 0 Å². The van der Waals surface area contributed by atoms with Gasteiger partial charge < -0.3 is 14.5 Å². The number of aromatic amines is 1. The Morgan fingerprint density at radius 1 is 1.00 bits per heavy atom. The molecule has 5 heteroatoms. The maximum absolute atomic E-state index is 12.5. The minimum atomic E-state index is -0.340. The molecule has 2 aromatic heterocycles. The number of H-pyrrole nitrogens is 1. The minimum Gasteiger partial charge on any atom is -0.493 e. The van der Waals surface area contributed by atoms with Crippen molar-refractivity contribution in [2.75, 3.05) is 7.11 Å². The fraction of sp³-hybridized carbons (Fsp3) is 0.0833. The SMILES string of the molecule is COc1cc(/C=C/c2ccncc2)ccc1OC(=O)Cc1c[nH]c2ccccc12. The van der Waals surface area contributed by atoms with E-state index in [-0.39, 0.29) is 12.4 Å². The Hall–Kier alpha value is -3.86. The molecule has 0 amide bonds. The van der Waals surface area contributed by atoms with Gasteiger partial charge in [-0.1, -0.05) is 36.4 Å². The smallest absolute Gasteiger partial charge is 0.315 e. The Labute approximate surface area is 168 Å². The number of pyridine rings is 1. The molecule has 0 aliphatic carbocycles. The van der Waals surface area contributed by atoms with Gasteiger partial charge >= 0.3 is 5.97 Å². The largest absolute Gasteiger partial charge is 0.493 e. The number of hydrogen-bond donors (Lipinski definition) is 1. The monoisotopic (exact) mass is 384 g/mol. The second-order valence-electron chi connectivity index (χ2n) is 6.53. The summed E-state index contributed by atoms with van der Waals surface area (Å²) in [6.07, 6.45) is 9.47. The first-order valence-electron chi connectivity index (χ1n) is 9.25. The maximum atomic E-state index is 12.5. The molecule has 29 heavy (non-hydrogen) atoms. The molecule has 144 valence electrons. The molecule has 0 atom stereocenters. The molecule has 5 nitrogen and oxygen atoms in total. The number of ether oxygens (including phenoxy) is 2. The van der Waals surface area contributed by atoms with Gasteiger partial charge in [-0.2, -0.15) is 0 Å². The normalized spacial score (nSPS) is 11.1. The van der Waals surface area contributed by atoms with Crippen LogP contribution in [0, 0.1) is 0 Å². The van der Waals surface area contributed by atoms with E-state index in [4.69, 9.17) is 9.47 Å². The van der Waals surface area contributed by atoms with E-state index in [1.54, 1.807) is 25.6 Å². The number of nitrogens with zero attached hydrogens (tertiary/aromatic N) is 1. The molecule has 0 aliphatic heterocycles. The van der Waals surface area contributed by atoms with Crippen LogP contribution in [0.1, 0.15) is 16.7 Å². The van der Waals surface area contributed by atoms with Gasteiger partial charge in [0, 0.05) is 29.5 Å². The molecule has 0 bridgehead atoms. The number of esters is 1. The van der Waals surface area contributed by atoms with Crippen molar-refractivity contribution in [3.63, 3.8) is 0 Å². The number of hydrogen-bond acceptors (Lipinski definition) is 4. The number of aromatic nitrogens is 2. The zero-order valence-corrected chi connectivity index (χ0v) is 16.0. The molecular weight excluding hydrogens is 364 g/mol. The van der Waals surface area contributed by atoms with Crippen molar-refractivity contribution in [1.82, 2.24) is 9.97 Å². The van der Waals surface area contributed by atoms with Gasteiger partial charge in [-0.25, -0.2) is 0 Å². The number of methoxy groups -OCH3 is 1. The van der Waals surface area contributed by atoms with E-state index < -0.39 is 0 Å². The first-order valence-corrected chi connectivity index (χ1v) is 9.25. The third-order valence-electron chi connectivity index (χ3n) is 4.60. The van der Waals surface area contributed by atoms with Gasteiger partial charge in [0.25, 0.3) is 0 Å². The molecule has 4 aromatic rings. The fourth-order valence-electron chi connectivity index (χ4n) is 3.13. The van der Waals surface area contributed by atoms with Crippen molar-refractivity contribution >= 4 is 29.0 Å². The van der Waals surface area contributed by atoms with Gasteiger partial charge in [0.05, 0.1) is 13.5 Å². The van der Waals surface area contributed by atoms with E-state index in [1.165, 1.54) is 0 Å². The maximum Gasteiger partial charge on any atom is 0.315 e. The van der Waals surface area contributed by atoms with Gasteiger partial charge in [-0.15, -0.1) is 0 Å². The first-order chi connectivity index (χ1) is 14.2. The van der Waals surface area contributed by atoms with E-state index in [0.717, 1.165) is 27.6 Å². The summed E-state index contributed by atoms with van der Waals surface area (Å²) in [5.74, 6) is 0.570. The predicted molar refractivity (Wildman–Crippen MR) is 114 cm³/mol. The second-order valence-corrected chi connectivity index (χ2v) is 6.53. The molecule has 0 aliphatic rings. The molecule has 4 rings (SSSR count). The number of fused-ring (bicyclic) bond motifs is 1. The average Bonchev–Trinajstić information content (AvgIpc) is 3.16. The number of rotatable bonds is 6. The quantitative estimate of drug-likeness (QED) is 0.380. The highest BCUT2D eigenvalue weighted by Crippen LogP contribution is 2.29. The minimum absolute atomic E-state index is 0.177. The number of para-hydroxylation sites is 1. The Bertz CT molecular complexity index is 1160. The Kier molecular flexibility index (Phi) is 5.38. The zero-order valence-electron chi connectivity index (χ0n) is 16.0. The van der Waals surface area contributed by atoms with Gasteiger partial charge in [0.1, 0.15) is 0 Å². The Balaban J connectivity index is 1.48. The van der Waals surface area contributed by atoms with Crippen molar-refractivity contribution in [2.45, 2.75) is 6.42 Å².